The number of rotatable bonds is 7. The Morgan fingerprint density at radius 2 is 1.93 bits per heavy atom. The van der Waals surface area contributed by atoms with Crippen LogP contribution in [0.2, 0.25) is 0 Å². The molecule has 28 heavy (non-hydrogen) atoms. The van der Waals surface area contributed by atoms with Crippen LogP contribution < -0.4 is 9.47 Å². The Labute approximate surface area is 180 Å². The van der Waals surface area contributed by atoms with Crippen molar-refractivity contribution in [3.05, 3.63) is 63.3 Å². The molecule has 3 aromatic rings. The molecule has 1 aromatic heterocycles. The number of hydrogen-bond donors (Lipinski definition) is 0. The van der Waals surface area contributed by atoms with Gasteiger partial charge in [0.1, 0.15) is 11.6 Å². The van der Waals surface area contributed by atoms with Crippen LogP contribution >= 0.6 is 31.9 Å². The van der Waals surface area contributed by atoms with E-state index in [1.807, 2.05) is 38.1 Å². The lowest BCUT2D eigenvalue weighted by atomic mass is 10.2. The molecule has 0 aliphatic rings. The van der Waals surface area contributed by atoms with Gasteiger partial charge in [0.15, 0.2) is 6.10 Å². The minimum atomic E-state index is -0.784. The first kappa shape index (κ1) is 20.5. The number of para-hydroxylation sites is 1. The lowest BCUT2D eigenvalue weighted by molar-refractivity contribution is -0.142. The van der Waals surface area contributed by atoms with E-state index >= 15 is 0 Å². The largest absolute Gasteiger partial charge is 0.447 e. The number of esters is 1. The number of benzene rings is 2. The minimum absolute atomic E-state index is 0.135. The molecular weight excluding hydrogens is 490 g/mol. The van der Waals surface area contributed by atoms with Crippen molar-refractivity contribution >= 4 is 37.8 Å². The molecular formula is C20H19Br2N3O3. The van der Waals surface area contributed by atoms with Crippen LogP contribution in [0.4, 0.5) is 0 Å². The fourth-order valence-corrected chi connectivity index (χ4v) is 3.80. The Kier molecular flexibility index (Phi) is 6.85. The van der Waals surface area contributed by atoms with Gasteiger partial charge in [-0.3, -0.25) is 0 Å². The SMILES string of the molecule is CCCC(Oc1nc(C)n(-c2ccc(Br)cc2Br)n1)C(=O)Oc1ccccc1. The van der Waals surface area contributed by atoms with Gasteiger partial charge in [-0.05, 0) is 59.6 Å². The molecule has 0 amide bonds. The van der Waals surface area contributed by atoms with Gasteiger partial charge in [-0.1, -0.05) is 47.5 Å². The number of nitrogens with zero attached hydrogens (tertiary/aromatic N) is 3. The zero-order valence-electron chi connectivity index (χ0n) is 15.4. The zero-order chi connectivity index (χ0) is 20.1. The fraction of sp³-hybridized carbons (Fsp3) is 0.250. The van der Waals surface area contributed by atoms with Crippen molar-refractivity contribution in [2.24, 2.45) is 0 Å². The summed E-state index contributed by atoms with van der Waals surface area (Å²) in [6.07, 6.45) is 0.474. The average Bonchev–Trinajstić information content (AvgIpc) is 3.02. The van der Waals surface area contributed by atoms with E-state index < -0.39 is 12.1 Å². The maximum Gasteiger partial charge on any atom is 0.352 e. The predicted octanol–water partition coefficient (Wildman–Crippen LogP) is 5.25. The molecule has 6 nitrogen and oxygen atoms in total. The van der Waals surface area contributed by atoms with Gasteiger partial charge in [0, 0.05) is 8.95 Å². The van der Waals surface area contributed by atoms with Crippen molar-refractivity contribution in [3.8, 4) is 17.4 Å². The summed E-state index contributed by atoms with van der Waals surface area (Å²) in [4.78, 5) is 16.9. The average molecular weight is 509 g/mol. The van der Waals surface area contributed by atoms with Crippen molar-refractivity contribution in [1.82, 2.24) is 14.8 Å². The molecule has 0 spiro atoms. The van der Waals surface area contributed by atoms with Gasteiger partial charge in [-0.2, -0.15) is 4.98 Å². The molecule has 0 bridgehead atoms. The van der Waals surface area contributed by atoms with E-state index in [4.69, 9.17) is 9.47 Å². The van der Waals surface area contributed by atoms with E-state index in [0.29, 0.717) is 18.0 Å². The Morgan fingerprint density at radius 1 is 1.18 bits per heavy atom. The molecule has 0 aliphatic carbocycles. The molecule has 1 heterocycles. The van der Waals surface area contributed by atoms with Gasteiger partial charge >= 0.3 is 12.0 Å². The number of carbonyl (C=O) groups is 1. The zero-order valence-corrected chi connectivity index (χ0v) is 18.6. The highest BCUT2D eigenvalue weighted by Crippen LogP contribution is 2.26. The van der Waals surface area contributed by atoms with Crippen LogP contribution in [-0.2, 0) is 4.79 Å². The number of halogens is 2. The summed E-state index contributed by atoms with van der Waals surface area (Å²) in [5.41, 5.74) is 0.821. The van der Waals surface area contributed by atoms with Gasteiger partial charge < -0.3 is 9.47 Å². The van der Waals surface area contributed by atoms with E-state index in [9.17, 15) is 4.79 Å². The third-order valence-electron chi connectivity index (χ3n) is 3.91. The number of hydrogen-bond acceptors (Lipinski definition) is 5. The molecule has 0 aliphatic heterocycles. The van der Waals surface area contributed by atoms with Crippen LogP contribution in [0.5, 0.6) is 11.8 Å². The maximum absolute atomic E-state index is 12.5. The monoisotopic (exact) mass is 507 g/mol. The van der Waals surface area contributed by atoms with Crippen LogP contribution in [0.1, 0.15) is 25.6 Å². The standard InChI is InChI=1S/C20H19Br2N3O3/c1-3-7-18(19(26)27-15-8-5-4-6-9-15)28-20-23-13(2)25(24-20)17-11-10-14(21)12-16(17)22/h4-6,8-12,18H,3,7H2,1-2H3. The highest BCUT2D eigenvalue weighted by molar-refractivity contribution is 9.11. The summed E-state index contributed by atoms with van der Waals surface area (Å²) >= 11 is 6.96. The van der Waals surface area contributed by atoms with E-state index in [-0.39, 0.29) is 6.01 Å². The van der Waals surface area contributed by atoms with Crippen LogP contribution in [0.25, 0.3) is 5.69 Å². The number of aryl methyl sites for hydroxylation is 1. The van der Waals surface area contributed by atoms with E-state index in [2.05, 4.69) is 41.9 Å². The number of aromatic nitrogens is 3. The summed E-state index contributed by atoms with van der Waals surface area (Å²) in [6, 6.07) is 14.8. The van der Waals surface area contributed by atoms with E-state index in [1.54, 1.807) is 28.9 Å². The summed E-state index contributed by atoms with van der Waals surface area (Å²) < 4.78 is 14.7. The Hall–Kier alpha value is -2.19. The minimum Gasteiger partial charge on any atom is -0.447 e. The highest BCUT2D eigenvalue weighted by atomic mass is 79.9. The molecule has 146 valence electrons. The maximum atomic E-state index is 12.5. The van der Waals surface area contributed by atoms with Crippen LogP contribution in [0.15, 0.2) is 57.5 Å². The second-order valence-electron chi connectivity index (χ2n) is 6.08. The topological polar surface area (TPSA) is 66.2 Å². The van der Waals surface area contributed by atoms with Crippen molar-refractivity contribution in [1.29, 1.82) is 0 Å². The van der Waals surface area contributed by atoms with Gasteiger partial charge in [-0.25, -0.2) is 9.48 Å². The predicted molar refractivity (Wildman–Crippen MR) is 113 cm³/mol. The lowest BCUT2D eigenvalue weighted by Gasteiger charge is -2.14. The van der Waals surface area contributed by atoms with Gasteiger partial charge in [0.25, 0.3) is 0 Å². The lowest BCUT2D eigenvalue weighted by Crippen LogP contribution is -2.31. The van der Waals surface area contributed by atoms with Crippen molar-refractivity contribution in [2.45, 2.75) is 32.8 Å². The number of carbonyl (C=O) groups excluding carboxylic acids is 1. The molecule has 2 aromatic carbocycles. The van der Waals surface area contributed by atoms with Gasteiger partial charge in [0.2, 0.25) is 0 Å². The molecule has 0 saturated heterocycles. The first-order valence-corrected chi connectivity index (χ1v) is 10.4. The summed E-state index contributed by atoms with van der Waals surface area (Å²) in [7, 11) is 0. The first-order valence-electron chi connectivity index (χ1n) is 8.80. The quantitative estimate of drug-likeness (QED) is 0.322. The van der Waals surface area contributed by atoms with Gasteiger partial charge in [-0.15, -0.1) is 5.10 Å². The summed E-state index contributed by atoms with van der Waals surface area (Å²) in [5, 5.41) is 4.41. The Morgan fingerprint density at radius 3 is 2.61 bits per heavy atom. The fourth-order valence-electron chi connectivity index (χ4n) is 2.58. The van der Waals surface area contributed by atoms with Crippen molar-refractivity contribution in [3.63, 3.8) is 0 Å². The molecule has 0 fully saturated rings. The third-order valence-corrected chi connectivity index (χ3v) is 5.04. The number of ether oxygens (including phenoxy) is 2. The molecule has 8 heteroatoms. The molecule has 3 rings (SSSR count). The molecule has 0 N–H and O–H groups in total. The second kappa shape index (κ2) is 9.34. The van der Waals surface area contributed by atoms with Crippen LogP contribution in [-0.4, -0.2) is 26.8 Å². The van der Waals surface area contributed by atoms with Crippen LogP contribution in [0.3, 0.4) is 0 Å². The smallest absolute Gasteiger partial charge is 0.352 e. The van der Waals surface area contributed by atoms with Crippen molar-refractivity contribution in [2.75, 3.05) is 0 Å². The highest BCUT2D eigenvalue weighted by Gasteiger charge is 2.24. The Bertz CT molecular complexity index is 961. The van der Waals surface area contributed by atoms with Crippen molar-refractivity contribution < 1.29 is 14.3 Å². The molecule has 1 unspecified atom stereocenters. The van der Waals surface area contributed by atoms with E-state index in [1.165, 1.54) is 0 Å². The Balaban J connectivity index is 1.79. The normalized spacial score (nSPS) is 11.9. The van der Waals surface area contributed by atoms with Gasteiger partial charge in [0.05, 0.1) is 5.69 Å². The molecule has 0 radical (unpaired) electrons. The van der Waals surface area contributed by atoms with Crippen LogP contribution in [0, 0.1) is 6.92 Å². The first-order chi connectivity index (χ1) is 13.5. The summed E-state index contributed by atoms with van der Waals surface area (Å²) in [5.74, 6) is 0.655. The molecule has 1 atom stereocenters. The van der Waals surface area contributed by atoms with E-state index in [0.717, 1.165) is 21.1 Å². The molecule has 0 saturated carbocycles. The summed E-state index contributed by atoms with van der Waals surface area (Å²) in [6.45, 7) is 3.80. The second-order valence-corrected chi connectivity index (χ2v) is 7.85. The third kappa shape index (κ3) is 4.99.